The third-order valence-electron chi connectivity index (χ3n) is 5.02. The van der Waals surface area contributed by atoms with Gasteiger partial charge >= 0.3 is 0 Å². The highest BCUT2D eigenvalue weighted by Gasteiger charge is 2.41. The van der Waals surface area contributed by atoms with Crippen molar-refractivity contribution in [2.75, 3.05) is 32.7 Å². The van der Waals surface area contributed by atoms with Gasteiger partial charge < -0.3 is 9.80 Å². The van der Waals surface area contributed by atoms with Crippen molar-refractivity contribution in [2.45, 2.75) is 46.2 Å². The number of carbonyl (C=O) groups is 2. The summed E-state index contributed by atoms with van der Waals surface area (Å²) in [5, 5.41) is 3.20. The monoisotopic (exact) mass is 364 g/mol. The van der Waals surface area contributed by atoms with Crippen LogP contribution in [0.4, 0.5) is 0 Å². The number of carbonyl (C=O) groups excluding carboxylic acids is 2. The molecule has 1 atom stereocenters. The number of hydrogen-bond acceptors (Lipinski definition) is 5. The number of amides is 2. The minimum atomic E-state index is -0.212. The number of likely N-dealkylation sites (tertiary alicyclic amines) is 1. The summed E-state index contributed by atoms with van der Waals surface area (Å²) < 4.78 is 0. The molecule has 25 heavy (non-hydrogen) atoms. The van der Waals surface area contributed by atoms with Gasteiger partial charge in [0.15, 0.2) is 0 Å². The van der Waals surface area contributed by atoms with E-state index in [0.29, 0.717) is 13.0 Å². The van der Waals surface area contributed by atoms with Crippen LogP contribution in [0, 0.1) is 12.8 Å². The maximum absolute atomic E-state index is 12.8. The van der Waals surface area contributed by atoms with Gasteiger partial charge in [0.25, 0.3) is 0 Å². The van der Waals surface area contributed by atoms with Gasteiger partial charge in [0, 0.05) is 56.6 Å². The number of nitrogens with zero attached hydrogens (tertiary/aromatic N) is 4. The van der Waals surface area contributed by atoms with Crippen LogP contribution in [0.5, 0.6) is 0 Å². The van der Waals surface area contributed by atoms with Gasteiger partial charge in [0.05, 0.1) is 16.6 Å². The number of thiazole rings is 1. The zero-order valence-corrected chi connectivity index (χ0v) is 16.4. The maximum Gasteiger partial charge on any atom is 0.228 e. The van der Waals surface area contributed by atoms with Crippen molar-refractivity contribution in [2.24, 2.45) is 5.92 Å². The van der Waals surface area contributed by atoms with Gasteiger partial charge in [0.1, 0.15) is 0 Å². The van der Waals surface area contributed by atoms with Crippen LogP contribution >= 0.6 is 11.3 Å². The van der Waals surface area contributed by atoms with Crippen LogP contribution in [0.15, 0.2) is 5.38 Å². The lowest BCUT2D eigenvalue weighted by molar-refractivity contribution is -0.137. The number of piperazine rings is 1. The molecule has 2 saturated heterocycles. The quantitative estimate of drug-likeness (QED) is 0.820. The minimum absolute atomic E-state index is 0.100. The lowest BCUT2D eigenvalue weighted by atomic mass is 10.1. The molecule has 0 bridgehead atoms. The Morgan fingerprint density at radius 3 is 2.48 bits per heavy atom. The summed E-state index contributed by atoms with van der Waals surface area (Å²) in [5.74, 6) is 0.0621. The molecule has 1 unspecified atom stereocenters. The molecule has 3 heterocycles. The van der Waals surface area contributed by atoms with Gasteiger partial charge in [-0.1, -0.05) is 0 Å². The molecule has 2 aliphatic rings. The van der Waals surface area contributed by atoms with Gasteiger partial charge in [0.2, 0.25) is 11.8 Å². The average Bonchev–Trinajstić information content (AvgIpc) is 3.13. The Morgan fingerprint density at radius 2 is 1.96 bits per heavy atom. The van der Waals surface area contributed by atoms with E-state index < -0.39 is 0 Å². The molecule has 6 nitrogen and oxygen atoms in total. The normalized spacial score (nSPS) is 22.7. The van der Waals surface area contributed by atoms with E-state index in [1.165, 1.54) is 0 Å². The van der Waals surface area contributed by atoms with E-state index in [1.807, 2.05) is 37.5 Å². The van der Waals surface area contributed by atoms with Crippen LogP contribution in [-0.2, 0) is 16.1 Å². The van der Waals surface area contributed by atoms with Gasteiger partial charge in [-0.25, -0.2) is 4.98 Å². The number of aryl methyl sites for hydroxylation is 1. The van der Waals surface area contributed by atoms with Crippen molar-refractivity contribution in [3.05, 3.63) is 16.1 Å². The van der Waals surface area contributed by atoms with Gasteiger partial charge in [-0.3, -0.25) is 14.5 Å². The zero-order valence-electron chi connectivity index (χ0n) is 15.6. The minimum Gasteiger partial charge on any atom is -0.340 e. The fraction of sp³-hybridized carbons (Fsp3) is 0.722. The van der Waals surface area contributed by atoms with E-state index in [1.54, 1.807) is 11.3 Å². The highest BCUT2D eigenvalue weighted by molar-refractivity contribution is 7.09. The molecule has 1 aromatic rings. The van der Waals surface area contributed by atoms with E-state index in [-0.39, 0.29) is 23.3 Å². The third-order valence-corrected chi connectivity index (χ3v) is 5.84. The molecule has 0 saturated carbocycles. The van der Waals surface area contributed by atoms with Gasteiger partial charge in [-0.15, -0.1) is 11.3 Å². The van der Waals surface area contributed by atoms with Crippen LogP contribution in [-0.4, -0.2) is 69.8 Å². The van der Waals surface area contributed by atoms with Crippen molar-refractivity contribution in [1.29, 1.82) is 0 Å². The third kappa shape index (κ3) is 4.20. The van der Waals surface area contributed by atoms with Crippen LogP contribution < -0.4 is 0 Å². The SMILES string of the molecule is Cc1nc(CN2CCN(C(=O)C3CC(=O)N(C(C)(C)C)C3)CC2)cs1. The van der Waals surface area contributed by atoms with E-state index in [2.05, 4.69) is 15.3 Å². The second-order valence-corrected chi connectivity index (χ2v) is 9.10. The molecule has 7 heteroatoms. The fourth-order valence-electron chi connectivity index (χ4n) is 3.62. The first-order valence-electron chi connectivity index (χ1n) is 8.96. The Morgan fingerprint density at radius 1 is 1.28 bits per heavy atom. The maximum atomic E-state index is 12.8. The average molecular weight is 365 g/mol. The predicted octanol–water partition coefficient (Wildman–Crippen LogP) is 1.74. The summed E-state index contributed by atoms with van der Waals surface area (Å²) >= 11 is 1.68. The summed E-state index contributed by atoms with van der Waals surface area (Å²) in [7, 11) is 0. The summed E-state index contributed by atoms with van der Waals surface area (Å²) in [6.07, 6.45) is 0.356. The van der Waals surface area contributed by atoms with Crippen molar-refractivity contribution in [3.63, 3.8) is 0 Å². The second-order valence-electron chi connectivity index (χ2n) is 8.04. The van der Waals surface area contributed by atoms with E-state index in [9.17, 15) is 9.59 Å². The van der Waals surface area contributed by atoms with Gasteiger partial charge in [-0.2, -0.15) is 0 Å². The smallest absolute Gasteiger partial charge is 0.228 e. The zero-order chi connectivity index (χ0) is 18.2. The molecule has 0 N–H and O–H groups in total. The summed E-state index contributed by atoms with van der Waals surface area (Å²) in [6, 6.07) is 0. The Balaban J connectivity index is 1.51. The Kier molecular flexibility index (Phi) is 5.16. The largest absolute Gasteiger partial charge is 0.340 e. The first-order chi connectivity index (χ1) is 11.7. The molecule has 0 spiro atoms. The summed E-state index contributed by atoms with van der Waals surface area (Å²) in [6.45, 7) is 12.7. The summed E-state index contributed by atoms with van der Waals surface area (Å²) in [5.41, 5.74) is 0.903. The Hall–Kier alpha value is -1.47. The molecule has 1 aromatic heterocycles. The lowest BCUT2D eigenvalue weighted by Gasteiger charge is -2.36. The van der Waals surface area contributed by atoms with Crippen molar-refractivity contribution < 1.29 is 9.59 Å². The van der Waals surface area contributed by atoms with E-state index >= 15 is 0 Å². The number of hydrogen-bond donors (Lipinski definition) is 0. The van der Waals surface area contributed by atoms with Crippen LogP contribution in [0.2, 0.25) is 0 Å². The molecule has 2 amide bonds. The van der Waals surface area contributed by atoms with Crippen LogP contribution in [0.3, 0.4) is 0 Å². The molecule has 2 fully saturated rings. The predicted molar refractivity (Wildman–Crippen MR) is 98.3 cm³/mol. The van der Waals surface area contributed by atoms with Crippen LogP contribution in [0.25, 0.3) is 0 Å². The molecular formula is C18H28N4O2S. The first kappa shape index (κ1) is 18.3. The molecule has 0 radical (unpaired) electrons. The topological polar surface area (TPSA) is 56.8 Å². The van der Waals surface area contributed by atoms with Crippen LogP contribution in [0.1, 0.15) is 37.9 Å². The lowest BCUT2D eigenvalue weighted by Crippen LogP contribution is -2.50. The fourth-order valence-corrected chi connectivity index (χ4v) is 4.22. The molecule has 138 valence electrons. The highest BCUT2D eigenvalue weighted by atomic mass is 32.1. The molecule has 0 aromatic carbocycles. The number of rotatable bonds is 3. The summed E-state index contributed by atoms with van der Waals surface area (Å²) in [4.78, 5) is 35.7. The van der Waals surface area contributed by atoms with E-state index in [4.69, 9.17) is 0 Å². The molecule has 0 aliphatic carbocycles. The Bertz CT molecular complexity index is 644. The molecular weight excluding hydrogens is 336 g/mol. The number of aromatic nitrogens is 1. The molecule has 2 aliphatic heterocycles. The first-order valence-corrected chi connectivity index (χ1v) is 9.84. The van der Waals surface area contributed by atoms with Crippen molar-refractivity contribution in [1.82, 2.24) is 19.7 Å². The van der Waals surface area contributed by atoms with Crippen molar-refractivity contribution in [3.8, 4) is 0 Å². The van der Waals surface area contributed by atoms with Gasteiger partial charge in [-0.05, 0) is 27.7 Å². The highest BCUT2D eigenvalue weighted by Crippen LogP contribution is 2.27. The van der Waals surface area contributed by atoms with Crippen molar-refractivity contribution >= 4 is 23.2 Å². The second kappa shape index (κ2) is 7.03. The van der Waals surface area contributed by atoms with E-state index in [0.717, 1.165) is 43.4 Å². The Labute approximate surface area is 153 Å². The standard InChI is InChI=1S/C18H28N4O2S/c1-13-19-15(12-25-13)11-20-5-7-21(8-6-20)17(24)14-9-16(23)22(10-14)18(2,3)4/h12,14H,5-11H2,1-4H3. The molecule has 3 rings (SSSR count).